The van der Waals surface area contributed by atoms with Crippen molar-refractivity contribution in [1.29, 1.82) is 0 Å². The Balaban J connectivity index is 3.28. The Morgan fingerprint density at radius 3 is 1.59 bits per heavy atom. The van der Waals surface area contributed by atoms with Crippen molar-refractivity contribution in [3.05, 3.63) is 34.4 Å². The topological polar surface area (TPSA) is 130 Å². The lowest BCUT2D eigenvalue weighted by Crippen LogP contribution is -2.26. The highest BCUT2D eigenvalue weighted by molar-refractivity contribution is 5.98. The van der Waals surface area contributed by atoms with E-state index in [2.05, 4.69) is 0 Å². The molecule has 0 aliphatic rings. The molecule has 0 radical (unpaired) electrons. The molecule has 0 saturated heterocycles. The second-order valence-corrected chi connectivity index (χ2v) is 7.61. The minimum absolute atomic E-state index is 0.0173. The lowest BCUT2D eigenvalue weighted by molar-refractivity contribution is -0.243. The van der Waals surface area contributed by atoms with Crippen molar-refractivity contribution in [3.63, 3.8) is 0 Å². The van der Waals surface area contributed by atoms with Crippen molar-refractivity contribution in [2.45, 2.75) is 92.8 Å². The molecule has 1 rings (SSSR count). The van der Waals surface area contributed by atoms with Crippen LogP contribution >= 0.6 is 0 Å². The Hall–Kier alpha value is -2.08. The highest BCUT2D eigenvalue weighted by Crippen LogP contribution is 2.34. The highest BCUT2D eigenvalue weighted by atomic mass is 16.8. The minimum Gasteiger partial charge on any atom is -0.478 e. The average Bonchev–Trinajstić information content (AvgIpc) is 2.72. The second kappa shape index (κ2) is 14.3. The van der Waals surface area contributed by atoms with Crippen LogP contribution in [0.25, 0.3) is 0 Å². The van der Waals surface area contributed by atoms with Crippen LogP contribution in [0.4, 0.5) is 0 Å². The Morgan fingerprint density at radius 1 is 0.706 bits per heavy atom. The first-order valence-electron chi connectivity index (χ1n) is 11.4. The lowest BCUT2D eigenvalue weighted by Gasteiger charge is -2.27. The van der Waals surface area contributed by atoms with Crippen LogP contribution in [0.1, 0.15) is 99.4 Å². The van der Waals surface area contributed by atoms with Crippen molar-refractivity contribution < 1.29 is 48.2 Å². The van der Waals surface area contributed by atoms with E-state index < -0.39 is 49.3 Å². The number of benzene rings is 1. The van der Waals surface area contributed by atoms with E-state index in [4.69, 9.17) is 28.4 Å². The number of rotatable bonds is 16. The van der Waals surface area contributed by atoms with Gasteiger partial charge in [-0.3, -0.25) is 0 Å². The van der Waals surface area contributed by atoms with Gasteiger partial charge < -0.3 is 38.6 Å². The molecule has 10 nitrogen and oxygen atoms in total. The van der Waals surface area contributed by atoms with Crippen LogP contribution in [0.2, 0.25) is 0 Å². The third-order valence-corrected chi connectivity index (χ3v) is 4.93. The average molecular weight is 487 g/mol. The van der Waals surface area contributed by atoms with Crippen LogP contribution in [-0.4, -0.2) is 60.5 Å². The largest absolute Gasteiger partial charge is 0.478 e. The van der Waals surface area contributed by atoms with Gasteiger partial charge in [0.05, 0.1) is 23.3 Å². The Labute approximate surface area is 201 Å². The lowest BCUT2D eigenvalue weighted by atomic mass is 9.90. The van der Waals surface area contributed by atoms with Gasteiger partial charge in [0.25, 0.3) is 0 Å². The molecule has 0 fully saturated rings. The SMILES string of the molecule is CCOC(C)OC(C)OC(C)c1ccc(C(=O)O)c(C(C)OC(C)OC(C)OCC)c1C(=O)O. The minimum atomic E-state index is -1.30. The summed E-state index contributed by atoms with van der Waals surface area (Å²) in [6.07, 6.45) is -4.20. The number of carboxylic acid groups (broad SMARTS) is 2. The molecule has 34 heavy (non-hydrogen) atoms. The standard InChI is InChI=1S/C24H38O10/c1-9-29-15(5)33-17(7)31-13(3)19-11-12-20(23(25)26)21(22(19)24(27)28)14(4)32-18(8)34-16(6)30-10-2/h11-18H,9-10H2,1-8H3,(H,25,26)(H,27,28). The van der Waals surface area contributed by atoms with Crippen LogP contribution < -0.4 is 0 Å². The predicted octanol–water partition coefficient (Wildman–Crippen LogP) is 4.73. The second-order valence-electron chi connectivity index (χ2n) is 7.61. The van der Waals surface area contributed by atoms with Crippen LogP contribution in [-0.2, 0) is 28.4 Å². The predicted molar refractivity (Wildman–Crippen MR) is 123 cm³/mol. The molecule has 6 atom stereocenters. The molecule has 6 unspecified atom stereocenters. The first-order valence-corrected chi connectivity index (χ1v) is 11.4. The van der Waals surface area contributed by atoms with Crippen LogP contribution in [0.3, 0.4) is 0 Å². The monoisotopic (exact) mass is 486 g/mol. The molecule has 0 saturated carbocycles. The van der Waals surface area contributed by atoms with Gasteiger partial charge in [-0.15, -0.1) is 0 Å². The van der Waals surface area contributed by atoms with E-state index in [1.807, 2.05) is 13.8 Å². The fraction of sp³-hybridized carbons (Fsp3) is 0.667. The smallest absolute Gasteiger partial charge is 0.336 e. The summed E-state index contributed by atoms with van der Waals surface area (Å²) < 4.78 is 33.5. The first-order chi connectivity index (χ1) is 15.9. The summed E-state index contributed by atoms with van der Waals surface area (Å²) in [4.78, 5) is 24.2. The third-order valence-electron chi connectivity index (χ3n) is 4.93. The number of ether oxygens (including phenoxy) is 6. The Kier molecular flexibility index (Phi) is 12.6. The van der Waals surface area contributed by atoms with Crippen LogP contribution in [0.15, 0.2) is 12.1 Å². The molecule has 2 N–H and O–H groups in total. The Bertz CT molecular complexity index is 796. The summed E-state index contributed by atoms with van der Waals surface area (Å²) in [6.45, 7) is 14.5. The molecule has 0 bridgehead atoms. The summed E-state index contributed by atoms with van der Waals surface area (Å²) in [6, 6.07) is 2.78. The van der Waals surface area contributed by atoms with Gasteiger partial charge in [-0.1, -0.05) is 6.07 Å². The first kappa shape index (κ1) is 30.0. The summed E-state index contributed by atoms with van der Waals surface area (Å²) >= 11 is 0. The van der Waals surface area contributed by atoms with E-state index in [1.54, 1.807) is 41.5 Å². The third kappa shape index (κ3) is 8.94. The molecule has 1 aromatic carbocycles. The van der Waals surface area contributed by atoms with Crippen molar-refractivity contribution >= 4 is 11.9 Å². The summed E-state index contributed by atoms with van der Waals surface area (Å²) in [5.41, 5.74) is -0.0716. The van der Waals surface area contributed by atoms with E-state index in [1.165, 1.54) is 12.1 Å². The molecule has 0 heterocycles. The summed E-state index contributed by atoms with van der Waals surface area (Å²) in [7, 11) is 0. The number of carboxylic acids is 2. The van der Waals surface area contributed by atoms with E-state index in [-0.39, 0.29) is 16.7 Å². The number of aromatic carboxylic acids is 2. The van der Waals surface area contributed by atoms with Crippen molar-refractivity contribution in [1.82, 2.24) is 0 Å². The van der Waals surface area contributed by atoms with Crippen LogP contribution in [0.5, 0.6) is 0 Å². The van der Waals surface area contributed by atoms with Gasteiger partial charge in [0, 0.05) is 18.8 Å². The molecule has 0 spiro atoms. The maximum Gasteiger partial charge on any atom is 0.336 e. The van der Waals surface area contributed by atoms with Gasteiger partial charge in [-0.2, -0.15) is 0 Å². The fourth-order valence-electron chi connectivity index (χ4n) is 3.69. The number of hydrogen-bond donors (Lipinski definition) is 2. The molecular weight excluding hydrogens is 448 g/mol. The van der Waals surface area contributed by atoms with Crippen molar-refractivity contribution in [2.75, 3.05) is 13.2 Å². The van der Waals surface area contributed by atoms with Crippen LogP contribution in [0, 0.1) is 0 Å². The normalized spacial score (nSPS) is 16.9. The molecular formula is C24H38O10. The molecule has 10 heteroatoms. The number of hydrogen-bond acceptors (Lipinski definition) is 8. The quantitative estimate of drug-likeness (QED) is 0.316. The highest BCUT2D eigenvalue weighted by Gasteiger charge is 2.30. The summed E-state index contributed by atoms with van der Waals surface area (Å²) in [5.74, 6) is -2.57. The zero-order chi connectivity index (χ0) is 26.0. The van der Waals surface area contributed by atoms with Gasteiger partial charge in [0.2, 0.25) is 0 Å². The van der Waals surface area contributed by atoms with Crippen molar-refractivity contribution in [3.8, 4) is 0 Å². The fourth-order valence-corrected chi connectivity index (χ4v) is 3.69. The van der Waals surface area contributed by atoms with E-state index in [0.717, 1.165) is 0 Å². The maximum absolute atomic E-state index is 12.3. The molecule has 194 valence electrons. The van der Waals surface area contributed by atoms with E-state index >= 15 is 0 Å². The molecule has 0 aromatic heterocycles. The maximum atomic E-state index is 12.3. The van der Waals surface area contributed by atoms with Crippen molar-refractivity contribution in [2.24, 2.45) is 0 Å². The molecule has 0 aliphatic carbocycles. The molecule has 1 aromatic rings. The van der Waals surface area contributed by atoms with Gasteiger partial charge in [-0.05, 0) is 67.0 Å². The van der Waals surface area contributed by atoms with Gasteiger partial charge >= 0.3 is 11.9 Å². The van der Waals surface area contributed by atoms with E-state index in [0.29, 0.717) is 18.8 Å². The van der Waals surface area contributed by atoms with Gasteiger partial charge in [-0.25, -0.2) is 9.59 Å². The van der Waals surface area contributed by atoms with Gasteiger partial charge in [0.15, 0.2) is 25.2 Å². The number of carbonyl (C=O) groups is 2. The molecule has 0 amide bonds. The zero-order valence-corrected chi connectivity index (χ0v) is 21.2. The van der Waals surface area contributed by atoms with Gasteiger partial charge in [0.1, 0.15) is 0 Å². The Morgan fingerprint density at radius 2 is 1.18 bits per heavy atom. The molecule has 0 aliphatic heterocycles. The van der Waals surface area contributed by atoms with E-state index in [9.17, 15) is 19.8 Å². The summed E-state index contributed by atoms with van der Waals surface area (Å²) in [5, 5.41) is 19.8. The zero-order valence-electron chi connectivity index (χ0n) is 21.2.